The summed E-state index contributed by atoms with van der Waals surface area (Å²) in [6.45, 7) is 0. The zero-order chi connectivity index (χ0) is 19.1. The first-order chi connectivity index (χ1) is 12.1. The van der Waals surface area contributed by atoms with Crippen LogP contribution >= 0.6 is 11.6 Å². The van der Waals surface area contributed by atoms with Gasteiger partial charge < -0.3 is 10.6 Å². The smallest absolute Gasteiger partial charge is 0.320 e. The Morgan fingerprint density at radius 3 is 2.58 bits per heavy atom. The lowest BCUT2D eigenvalue weighted by molar-refractivity contribution is -0.137. The third kappa shape index (κ3) is 3.52. The number of halogens is 5. The molecule has 2 aromatic rings. The van der Waals surface area contributed by atoms with E-state index in [2.05, 4.69) is 15.6 Å². The monoisotopic (exact) mass is 385 g/mol. The van der Waals surface area contributed by atoms with Crippen molar-refractivity contribution in [3.05, 3.63) is 58.4 Å². The van der Waals surface area contributed by atoms with Gasteiger partial charge in [0.25, 0.3) is 5.91 Å². The Morgan fingerprint density at radius 1 is 1.15 bits per heavy atom. The number of benzene rings is 2. The maximum Gasteiger partial charge on any atom is 0.417 e. The van der Waals surface area contributed by atoms with Gasteiger partial charge in [0.1, 0.15) is 11.5 Å². The molecule has 3 rings (SSSR count). The Labute approximate surface area is 148 Å². The second-order valence-corrected chi connectivity index (χ2v) is 5.63. The van der Waals surface area contributed by atoms with Crippen molar-refractivity contribution in [3.63, 3.8) is 0 Å². The fourth-order valence-electron chi connectivity index (χ4n) is 2.31. The second kappa shape index (κ2) is 6.41. The van der Waals surface area contributed by atoms with E-state index in [1.54, 1.807) is 0 Å². The first kappa shape index (κ1) is 17.9. The molecule has 0 radical (unpaired) electrons. The fourth-order valence-corrected chi connectivity index (χ4v) is 2.53. The van der Waals surface area contributed by atoms with E-state index in [0.29, 0.717) is 6.07 Å². The number of rotatable bonds is 1. The number of nitrogens with one attached hydrogen (secondary N) is 2. The van der Waals surface area contributed by atoms with E-state index in [9.17, 15) is 27.2 Å². The molecular weight excluding hydrogens is 378 g/mol. The SMILES string of the molecule is O=C(/N=C1\C(=O)Nc2ccc(F)cc21)Nc1ccc(Cl)c(C(F)(F)F)c1. The Morgan fingerprint density at radius 2 is 1.88 bits per heavy atom. The molecule has 0 bridgehead atoms. The van der Waals surface area contributed by atoms with Crippen LogP contribution in [0.3, 0.4) is 0 Å². The number of carbonyl (C=O) groups excluding carboxylic acids is 2. The van der Waals surface area contributed by atoms with Crippen molar-refractivity contribution < 1.29 is 27.2 Å². The molecule has 1 aliphatic rings. The van der Waals surface area contributed by atoms with Gasteiger partial charge in [-0.2, -0.15) is 18.2 Å². The van der Waals surface area contributed by atoms with Crippen molar-refractivity contribution in [3.8, 4) is 0 Å². The molecule has 134 valence electrons. The van der Waals surface area contributed by atoms with Gasteiger partial charge in [-0.15, -0.1) is 0 Å². The minimum Gasteiger partial charge on any atom is -0.320 e. The third-order valence-electron chi connectivity index (χ3n) is 3.44. The molecule has 0 fully saturated rings. The van der Waals surface area contributed by atoms with Gasteiger partial charge in [0.15, 0.2) is 0 Å². The number of amides is 3. The van der Waals surface area contributed by atoms with Crippen LogP contribution in [0, 0.1) is 5.82 Å². The average Bonchev–Trinajstić information content (AvgIpc) is 2.84. The quantitative estimate of drug-likeness (QED) is 0.711. The van der Waals surface area contributed by atoms with E-state index in [4.69, 9.17) is 11.6 Å². The first-order valence-electron chi connectivity index (χ1n) is 7.03. The number of alkyl halides is 3. The normalized spacial score (nSPS) is 15.0. The zero-order valence-corrected chi connectivity index (χ0v) is 13.4. The minimum atomic E-state index is -4.70. The van der Waals surface area contributed by atoms with Crippen LogP contribution in [0.5, 0.6) is 0 Å². The number of nitrogens with zero attached hydrogens (tertiary/aromatic N) is 1. The Bertz CT molecular complexity index is 957. The zero-order valence-electron chi connectivity index (χ0n) is 12.6. The summed E-state index contributed by atoms with van der Waals surface area (Å²) >= 11 is 5.50. The van der Waals surface area contributed by atoms with Crippen LogP contribution < -0.4 is 10.6 Å². The van der Waals surface area contributed by atoms with Gasteiger partial charge >= 0.3 is 12.2 Å². The van der Waals surface area contributed by atoms with Gasteiger partial charge in [0.05, 0.1) is 16.3 Å². The first-order valence-corrected chi connectivity index (χ1v) is 7.40. The van der Waals surface area contributed by atoms with Crippen molar-refractivity contribution in [1.82, 2.24) is 0 Å². The van der Waals surface area contributed by atoms with Crippen molar-refractivity contribution in [2.24, 2.45) is 4.99 Å². The van der Waals surface area contributed by atoms with E-state index in [0.717, 1.165) is 24.3 Å². The van der Waals surface area contributed by atoms with Crippen molar-refractivity contribution >= 4 is 40.6 Å². The number of hydrogen-bond acceptors (Lipinski definition) is 2. The number of aliphatic imine (C=N–C) groups is 1. The summed E-state index contributed by atoms with van der Waals surface area (Å²) in [5.41, 5.74) is -1.34. The molecule has 26 heavy (non-hydrogen) atoms. The average molecular weight is 386 g/mol. The predicted molar refractivity (Wildman–Crippen MR) is 87.0 cm³/mol. The summed E-state index contributed by atoms with van der Waals surface area (Å²) in [5.74, 6) is -1.37. The second-order valence-electron chi connectivity index (χ2n) is 5.23. The van der Waals surface area contributed by atoms with Gasteiger partial charge in [-0.3, -0.25) is 4.79 Å². The molecule has 0 spiro atoms. The van der Waals surface area contributed by atoms with E-state index in [-0.39, 0.29) is 22.6 Å². The number of anilines is 2. The topological polar surface area (TPSA) is 70.6 Å². The number of fused-ring (bicyclic) bond motifs is 1. The predicted octanol–water partition coefficient (Wildman–Crippen LogP) is 4.47. The highest BCUT2D eigenvalue weighted by Gasteiger charge is 2.33. The molecule has 1 aliphatic heterocycles. The van der Waals surface area contributed by atoms with Gasteiger partial charge in [0, 0.05) is 11.3 Å². The van der Waals surface area contributed by atoms with Crippen LogP contribution in [0.15, 0.2) is 41.4 Å². The van der Waals surface area contributed by atoms with E-state index >= 15 is 0 Å². The van der Waals surface area contributed by atoms with Gasteiger partial charge in [0.2, 0.25) is 0 Å². The van der Waals surface area contributed by atoms with E-state index < -0.39 is 34.5 Å². The summed E-state index contributed by atoms with van der Waals surface area (Å²) < 4.78 is 51.8. The van der Waals surface area contributed by atoms with Gasteiger partial charge in [-0.05, 0) is 36.4 Å². The van der Waals surface area contributed by atoms with Gasteiger partial charge in [-0.1, -0.05) is 11.6 Å². The van der Waals surface area contributed by atoms with Crippen LogP contribution in [0.2, 0.25) is 5.02 Å². The Hall–Kier alpha value is -2.94. The lowest BCUT2D eigenvalue weighted by Crippen LogP contribution is -2.18. The van der Waals surface area contributed by atoms with E-state index in [1.165, 1.54) is 6.07 Å². The molecular formula is C16H8ClF4N3O2. The fraction of sp³-hybridized carbons (Fsp3) is 0.0625. The van der Waals surface area contributed by atoms with E-state index in [1.807, 2.05) is 0 Å². The molecule has 1 heterocycles. The molecule has 3 amide bonds. The van der Waals surface area contributed by atoms with Crippen molar-refractivity contribution in [1.29, 1.82) is 0 Å². The van der Waals surface area contributed by atoms with Crippen LogP contribution in [0.25, 0.3) is 0 Å². The van der Waals surface area contributed by atoms with Crippen molar-refractivity contribution in [2.75, 3.05) is 10.6 Å². The standard InChI is InChI=1S/C16H8ClF4N3O2/c17-11-3-2-8(6-10(11)16(19,20)21)22-15(26)24-13-9-5-7(18)1-4-12(9)23-14(13)25/h1-6H,(H2,22,23,24,25,26). The lowest BCUT2D eigenvalue weighted by Gasteiger charge is -2.11. The summed E-state index contributed by atoms with van der Waals surface area (Å²) in [6.07, 6.45) is -4.70. The molecule has 0 aromatic heterocycles. The summed E-state index contributed by atoms with van der Waals surface area (Å²) in [6, 6.07) is 5.11. The van der Waals surface area contributed by atoms with Crippen LogP contribution in [0.1, 0.15) is 11.1 Å². The molecule has 0 atom stereocenters. The third-order valence-corrected chi connectivity index (χ3v) is 3.77. The molecule has 2 N–H and O–H groups in total. The molecule has 0 aliphatic carbocycles. The highest BCUT2D eigenvalue weighted by Crippen LogP contribution is 2.36. The highest BCUT2D eigenvalue weighted by atomic mass is 35.5. The number of urea groups is 1. The summed E-state index contributed by atoms with van der Waals surface area (Å²) in [7, 11) is 0. The maximum absolute atomic E-state index is 13.3. The molecule has 2 aromatic carbocycles. The summed E-state index contributed by atoms with van der Waals surface area (Å²) in [4.78, 5) is 27.3. The number of carbonyl (C=O) groups is 2. The van der Waals surface area contributed by atoms with Crippen LogP contribution in [-0.4, -0.2) is 17.6 Å². The number of hydrogen-bond donors (Lipinski definition) is 2. The lowest BCUT2D eigenvalue weighted by atomic mass is 10.1. The molecule has 10 heteroatoms. The van der Waals surface area contributed by atoms with Crippen LogP contribution in [-0.2, 0) is 11.0 Å². The molecule has 0 saturated carbocycles. The highest BCUT2D eigenvalue weighted by molar-refractivity contribution is 6.54. The van der Waals surface area contributed by atoms with Gasteiger partial charge in [-0.25, -0.2) is 9.18 Å². The largest absolute Gasteiger partial charge is 0.417 e. The Balaban J connectivity index is 1.87. The Kier molecular flexibility index (Phi) is 4.41. The minimum absolute atomic E-state index is 0.0808. The molecule has 0 saturated heterocycles. The maximum atomic E-state index is 13.3. The molecule has 0 unspecified atom stereocenters. The van der Waals surface area contributed by atoms with Crippen molar-refractivity contribution in [2.45, 2.75) is 6.18 Å². The van der Waals surface area contributed by atoms with Crippen LogP contribution in [0.4, 0.5) is 33.7 Å². The molecule has 5 nitrogen and oxygen atoms in total. The summed E-state index contributed by atoms with van der Waals surface area (Å²) in [5, 5.41) is 3.99.